The second-order valence-corrected chi connectivity index (χ2v) is 30.5. The van der Waals surface area contributed by atoms with Crippen molar-refractivity contribution in [3.05, 3.63) is 0 Å². The Kier molecular flexibility index (Phi) is 64.6. The monoisotopic (exact) mass is 1370 g/mol. The van der Waals surface area contributed by atoms with Crippen LogP contribution in [0.1, 0.15) is 382 Å². The summed E-state index contributed by atoms with van der Waals surface area (Å²) < 4.78 is 68.2. The van der Waals surface area contributed by atoms with Gasteiger partial charge in [0.1, 0.15) is 19.3 Å². The predicted molar refractivity (Wildman–Crippen MR) is 377 cm³/mol. The summed E-state index contributed by atoms with van der Waals surface area (Å²) in [7, 11) is -9.90. The highest BCUT2D eigenvalue weighted by Crippen LogP contribution is 2.45. The highest BCUT2D eigenvalue weighted by atomic mass is 31.2. The molecule has 17 nitrogen and oxygen atoms in total. The lowest BCUT2D eigenvalue weighted by molar-refractivity contribution is -0.161. The number of phosphoric acid groups is 2. The average molecular weight is 1370 g/mol. The van der Waals surface area contributed by atoms with E-state index in [1.165, 1.54) is 193 Å². The molecule has 93 heavy (non-hydrogen) atoms. The number of hydrogen-bond acceptors (Lipinski definition) is 15. The zero-order valence-corrected chi connectivity index (χ0v) is 62.3. The maximum Gasteiger partial charge on any atom is 0.472 e. The zero-order chi connectivity index (χ0) is 68.6. The van der Waals surface area contributed by atoms with Gasteiger partial charge in [-0.15, -0.1) is 0 Å². The third kappa shape index (κ3) is 68.4. The van der Waals surface area contributed by atoms with E-state index in [4.69, 9.17) is 37.0 Å². The number of esters is 4. The minimum absolute atomic E-state index is 0.104. The van der Waals surface area contributed by atoms with Crippen molar-refractivity contribution in [2.75, 3.05) is 39.6 Å². The van der Waals surface area contributed by atoms with Crippen LogP contribution in [0.3, 0.4) is 0 Å². The standard InChI is InChI=1S/C74H144O17P2/c1-7-9-11-13-14-15-16-17-18-19-20-21-22-23-28-31-34-40-46-52-58-73(78)91-70(63-85-72(77)57-51-45-39-33-30-27-25-24-26-29-32-37-43-48-54-66(3)4)65-89-93(82,83)87-61-68(75)60-86-92(80,81)88-64-69(62-84-71(76)56-50-42-12-10-8-2)90-74(79)59-53-47-41-36-35-38-44-49-55-67(5)6/h66-70,75H,7-65H2,1-6H3,(H,80,81)(H,82,83)/t68-,69+,70+/m0/s1. The molecule has 0 bridgehead atoms. The molecule has 0 aliphatic heterocycles. The topological polar surface area (TPSA) is 237 Å². The molecule has 19 heteroatoms. The lowest BCUT2D eigenvalue weighted by atomic mass is 10.0. The van der Waals surface area contributed by atoms with E-state index in [0.29, 0.717) is 25.7 Å². The molecule has 0 aromatic carbocycles. The van der Waals surface area contributed by atoms with Crippen LogP contribution in [0.15, 0.2) is 0 Å². The fourth-order valence-electron chi connectivity index (χ4n) is 11.3. The summed E-state index contributed by atoms with van der Waals surface area (Å²) in [6.45, 7) is 9.47. The molecule has 0 aliphatic carbocycles. The number of aliphatic hydroxyl groups is 1. The number of rotatable bonds is 73. The summed E-state index contributed by atoms with van der Waals surface area (Å²) in [6.07, 6.45) is 53.3. The molecule has 0 amide bonds. The van der Waals surface area contributed by atoms with Crippen LogP contribution in [0.25, 0.3) is 0 Å². The lowest BCUT2D eigenvalue weighted by Gasteiger charge is -2.21. The highest BCUT2D eigenvalue weighted by Gasteiger charge is 2.30. The van der Waals surface area contributed by atoms with Crippen molar-refractivity contribution >= 4 is 39.5 Å². The fraction of sp³-hybridized carbons (Fsp3) is 0.946. The SMILES string of the molecule is CCCCCCCCCCCCCCCCCCCCCCC(=O)O[C@H](COC(=O)CCCCCCCCCCCCCCCCC(C)C)COP(=O)(O)OC[C@@H](O)COP(=O)(O)OC[C@@H](COC(=O)CCCCCCC)OC(=O)CCCCCCCCCCC(C)C. The van der Waals surface area contributed by atoms with Gasteiger partial charge in [0.05, 0.1) is 26.4 Å². The molecule has 0 saturated carbocycles. The summed E-state index contributed by atoms with van der Waals surface area (Å²) >= 11 is 0. The molecule has 0 rings (SSSR count). The van der Waals surface area contributed by atoms with Crippen LogP contribution < -0.4 is 0 Å². The zero-order valence-electron chi connectivity index (χ0n) is 60.6. The minimum atomic E-state index is -4.95. The molecule has 0 heterocycles. The highest BCUT2D eigenvalue weighted by molar-refractivity contribution is 7.47. The number of carbonyl (C=O) groups is 4. The first kappa shape index (κ1) is 91.1. The van der Waals surface area contributed by atoms with Crippen LogP contribution in [-0.2, 0) is 65.4 Å². The van der Waals surface area contributed by atoms with E-state index >= 15 is 0 Å². The normalized spacial score (nSPS) is 14.1. The van der Waals surface area contributed by atoms with E-state index in [1.807, 2.05) is 0 Å². The quantitative estimate of drug-likeness (QED) is 0.0222. The van der Waals surface area contributed by atoms with Crippen LogP contribution >= 0.6 is 15.6 Å². The molecule has 0 saturated heterocycles. The maximum absolute atomic E-state index is 13.1. The summed E-state index contributed by atoms with van der Waals surface area (Å²) in [5.74, 6) is -0.614. The molecule has 0 radical (unpaired) electrons. The van der Waals surface area contributed by atoms with Crippen molar-refractivity contribution in [1.82, 2.24) is 0 Å². The molecule has 0 fully saturated rings. The van der Waals surface area contributed by atoms with Crippen LogP contribution in [0.2, 0.25) is 0 Å². The van der Waals surface area contributed by atoms with Crippen LogP contribution in [0.4, 0.5) is 0 Å². The Morgan fingerprint density at radius 3 is 0.731 bits per heavy atom. The van der Waals surface area contributed by atoms with Gasteiger partial charge in [-0.3, -0.25) is 37.3 Å². The Bertz CT molecular complexity index is 1800. The van der Waals surface area contributed by atoms with Crippen molar-refractivity contribution in [2.45, 2.75) is 400 Å². The number of ether oxygens (including phenoxy) is 4. The van der Waals surface area contributed by atoms with Gasteiger partial charge in [-0.05, 0) is 37.5 Å². The molecule has 0 aromatic heterocycles. The molecular formula is C74H144O17P2. The van der Waals surface area contributed by atoms with Gasteiger partial charge in [0.15, 0.2) is 12.2 Å². The van der Waals surface area contributed by atoms with Crippen molar-refractivity contribution in [3.8, 4) is 0 Å². The van der Waals surface area contributed by atoms with Crippen molar-refractivity contribution in [3.63, 3.8) is 0 Å². The van der Waals surface area contributed by atoms with E-state index in [1.54, 1.807) is 0 Å². The van der Waals surface area contributed by atoms with Crippen molar-refractivity contribution in [1.29, 1.82) is 0 Å². The predicted octanol–water partition coefficient (Wildman–Crippen LogP) is 21.6. The van der Waals surface area contributed by atoms with Gasteiger partial charge >= 0.3 is 39.5 Å². The maximum atomic E-state index is 13.1. The van der Waals surface area contributed by atoms with E-state index in [9.17, 15) is 43.2 Å². The second kappa shape index (κ2) is 66.0. The molecule has 0 spiro atoms. The third-order valence-corrected chi connectivity index (χ3v) is 19.1. The van der Waals surface area contributed by atoms with E-state index in [0.717, 1.165) is 108 Å². The second-order valence-electron chi connectivity index (χ2n) is 27.6. The minimum Gasteiger partial charge on any atom is -0.462 e. The first-order valence-electron chi connectivity index (χ1n) is 38.5. The van der Waals surface area contributed by atoms with Gasteiger partial charge in [0.25, 0.3) is 0 Å². The molecule has 0 aromatic rings. The third-order valence-electron chi connectivity index (χ3n) is 17.2. The largest absolute Gasteiger partial charge is 0.472 e. The Morgan fingerprint density at radius 1 is 0.290 bits per heavy atom. The van der Waals surface area contributed by atoms with Gasteiger partial charge in [-0.1, -0.05) is 330 Å². The Balaban J connectivity index is 5.13. The number of aliphatic hydroxyl groups excluding tert-OH is 1. The fourth-order valence-corrected chi connectivity index (χ4v) is 12.9. The number of hydrogen-bond donors (Lipinski definition) is 3. The van der Waals surface area contributed by atoms with Crippen molar-refractivity contribution < 1.29 is 80.2 Å². The Morgan fingerprint density at radius 2 is 0.495 bits per heavy atom. The lowest BCUT2D eigenvalue weighted by Crippen LogP contribution is -2.30. The smallest absolute Gasteiger partial charge is 0.462 e. The molecular weight excluding hydrogens is 1220 g/mol. The molecule has 552 valence electrons. The Labute approximate surface area is 568 Å². The van der Waals surface area contributed by atoms with Crippen molar-refractivity contribution in [2.24, 2.45) is 11.8 Å². The van der Waals surface area contributed by atoms with E-state index in [2.05, 4.69) is 41.5 Å². The number of unbranched alkanes of at least 4 members (excludes halogenated alkanes) is 43. The number of carbonyl (C=O) groups excluding carboxylic acids is 4. The molecule has 5 atom stereocenters. The van der Waals surface area contributed by atoms with Gasteiger partial charge in [0.2, 0.25) is 0 Å². The first-order chi connectivity index (χ1) is 44.9. The van der Waals surface area contributed by atoms with Gasteiger partial charge in [-0.25, -0.2) is 9.13 Å². The van der Waals surface area contributed by atoms with E-state index in [-0.39, 0.29) is 25.7 Å². The van der Waals surface area contributed by atoms with Gasteiger partial charge in [0, 0.05) is 25.7 Å². The van der Waals surface area contributed by atoms with Gasteiger partial charge < -0.3 is 33.8 Å². The Hall–Kier alpha value is -1.94. The summed E-state index contributed by atoms with van der Waals surface area (Å²) in [6, 6.07) is 0. The average Bonchev–Trinajstić information content (AvgIpc) is 2.19. The van der Waals surface area contributed by atoms with Crippen LogP contribution in [-0.4, -0.2) is 96.7 Å². The van der Waals surface area contributed by atoms with E-state index < -0.39 is 97.5 Å². The summed E-state index contributed by atoms with van der Waals surface area (Å²) in [5.41, 5.74) is 0. The first-order valence-corrected chi connectivity index (χ1v) is 41.5. The molecule has 3 N–H and O–H groups in total. The molecule has 2 unspecified atom stereocenters. The van der Waals surface area contributed by atoms with Crippen LogP contribution in [0, 0.1) is 11.8 Å². The summed E-state index contributed by atoms with van der Waals surface area (Å²) in [4.78, 5) is 72.4. The molecule has 0 aliphatic rings. The van der Waals surface area contributed by atoms with Crippen LogP contribution in [0.5, 0.6) is 0 Å². The number of phosphoric ester groups is 2. The summed E-state index contributed by atoms with van der Waals surface area (Å²) in [5, 5.41) is 10.6. The van der Waals surface area contributed by atoms with Gasteiger partial charge in [-0.2, -0.15) is 0 Å².